The highest BCUT2D eigenvalue weighted by molar-refractivity contribution is 9.10. The summed E-state index contributed by atoms with van der Waals surface area (Å²) in [6, 6.07) is 6.73. The number of rotatable bonds is 3. The largest absolute Gasteiger partial charge is 0.465 e. The van der Waals surface area contributed by atoms with Crippen LogP contribution in [0.1, 0.15) is 26.3 Å². The van der Waals surface area contributed by atoms with Gasteiger partial charge in [-0.3, -0.25) is 9.78 Å². The number of hydrogen-bond acceptors (Lipinski definition) is 4. The van der Waals surface area contributed by atoms with Gasteiger partial charge < -0.3 is 10.1 Å². The quantitative estimate of drug-likeness (QED) is 0.865. The van der Waals surface area contributed by atoms with E-state index in [1.54, 1.807) is 37.4 Å². The molecule has 0 fully saturated rings. The number of carbonyl (C=O) groups excluding carboxylic acids is 2. The van der Waals surface area contributed by atoms with Crippen molar-refractivity contribution in [3.05, 3.63) is 57.8 Å². The molecule has 2 rings (SSSR count). The summed E-state index contributed by atoms with van der Waals surface area (Å²) in [5.41, 5.74) is 2.05. The first-order chi connectivity index (χ1) is 10.0. The predicted octanol–water partition coefficient (Wildman–Crippen LogP) is 3.19. The Morgan fingerprint density at radius 1 is 1.29 bits per heavy atom. The van der Waals surface area contributed by atoms with Crippen LogP contribution in [-0.4, -0.2) is 24.0 Å². The van der Waals surface area contributed by atoms with E-state index in [9.17, 15) is 9.59 Å². The molecule has 0 saturated heterocycles. The lowest BCUT2D eigenvalue weighted by Crippen LogP contribution is -2.14. The SMILES string of the molecule is COC(=O)c1cccc(NC(=O)c2cncc(Br)c2)c1C. The van der Waals surface area contributed by atoms with Gasteiger partial charge in [-0.2, -0.15) is 0 Å². The molecule has 2 aromatic rings. The Hall–Kier alpha value is -2.21. The van der Waals surface area contributed by atoms with Crippen LogP contribution in [0.3, 0.4) is 0 Å². The molecule has 0 atom stereocenters. The molecule has 0 bridgehead atoms. The molecule has 0 aliphatic heterocycles. The van der Waals surface area contributed by atoms with Gasteiger partial charge in [-0.1, -0.05) is 6.07 Å². The maximum Gasteiger partial charge on any atom is 0.338 e. The Balaban J connectivity index is 2.28. The zero-order valence-electron chi connectivity index (χ0n) is 11.5. The summed E-state index contributed by atoms with van der Waals surface area (Å²) in [6.07, 6.45) is 3.07. The van der Waals surface area contributed by atoms with E-state index in [0.717, 1.165) is 4.47 Å². The van der Waals surface area contributed by atoms with Crippen molar-refractivity contribution in [2.45, 2.75) is 6.92 Å². The first kappa shape index (κ1) is 15.2. The number of halogens is 1. The number of aromatic nitrogens is 1. The van der Waals surface area contributed by atoms with Crippen LogP contribution in [0, 0.1) is 6.92 Å². The van der Waals surface area contributed by atoms with Crippen molar-refractivity contribution in [1.29, 1.82) is 0 Å². The first-order valence-electron chi connectivity index (χ1n) is 6.12. The van der Waals surface area contributed by atoms with Crippen LogP contribution in [0.25, 0.3) is 0 Å². The van der Waals surface area contributed by atoms with Gasteiger partial charge in [0, 0.05) is 22.6 Å². The highest BCUT2D eigenvalue weighted by atomic mass is 79.9. The summed E-state index contributed by atoms with van der Waals surface area (Å²) >= 11 is 3.27. The van der Waals surface area contributed by atoms with E-state index in [4.69, 9.17) is 4.74 Å². The zero-order valence-corrected chi connectivity index (χ0v) is 13.1. The number of hydrogen-bond donors (Lipinski definition) is 1. The average Bonchev–Trinajstić information content (AvgIpc) is 2.48. The van der Waals surface area contributed by atoms with E-state index in [2.05, 4.69) is 26.2 Å². The number of ether oxygens (including phenoxy) is 1. The van der Waals surface area contributed by atoms with Crippen molar-refractivity contribution in [3.8, 4) is 0 Å². The van der Waals surface area contributed by atoms with Gasteiger partial charge in [-0.25, -0.2) is 4.79 Å². The monoisotopic (exact) mass is 348 g/mol. The van der Waals surface area contributed by atoms with Crippen LogP contribution < -0.4 is 5.32 Å². The normalized spacial score (nSPS) is 10.0. The van der Waals surface area contributed by atoms with Crippen molar-refractivity contribution >= 4 is 33.5 Å². The van der Waals surface area contributed by atoms with Gasteiger partial charge in [0.15, 0.2) is 0 Å². The molecule has 21 heavy (non-hydrogen) atoms. The predicted molar refractivity (Wildman–Crippen MR) is 82.4 cm³/mol. The summed E-state index contributed by atoms with van der Waals surface area (Å²) in [5.74, 6) is -0.735. The van der Waals surface area contributed by atoms with E-state index in [0.29, 0.717) is 22.4 Å². The third-order valence-electron chi connectivity index (χ3n) is 2.95. The molecule has 1 amide bonds. The number of carbonyl (C=O) groups is 2. The van der Waals surface area contributed by atoms with Gasteiger partial charge in [0.1, 0.15) is 0 Å². The second-order valence-corrected chi connectivity index (χ2v) is 5.23. The van der Waals surface area contributed by atoms with Gasteiger partial charge in [-0.15, -0.1) is 0 Å². The summed E-state index contributed by atoms with van der Waals surface area (Å²) in [6.45, 7) is 1.75. The Labute approximate surface area is 130 Å². The van der Waals surface area contributed by atoms with Crippen molar-refractivity contribution in [3.63, 3.8) is 0 Å². The molecule has 0 radical (unpaired) electrons. The minimum absolute atomic E-state index is 0.297. The van der Waals surface area contributed by atoms with E-state index < -0.39 is 5.97 Å². The van der Waals surface area contributed by atoms with Crippen LogP contribution in [0.15, 0.2) is 41.1 Å². The van der Waals surface area contributed by atoms with Crippen LogP contribution in [0.4, 0.5) is 5.69 Å². The molecule has 1 heterocycles. The fourth-order valence-electron chi connectivity index (χ4n) is 1.83. The lowest BCUT2D eigenvalue weighted by molar-refractivity contribution is 0.0599. The minimum Gasteiger partial charge on any atom is -0.465 e. The molecule has 5 nitrogen and oxygen atoms in total. The van der Waals surface area contributed by atoms with Gasteiger partial charge in [0.25, 0.3) is 5.91 Å². The molecular weight excluding hydrogens is 336 g/mol. The van der Waals surface area contributed by atoms with Crippen LogP contribution in [0.2, 0.25) is 0 Å². The number of pyridine rings is 1. The number of esters is 1. The molecule has 108 valence electrons. The number of benzene rings is 1. The lowest BCUT2D eigenvalue weighted by Gasteiger charge is -2.11. The Kier molecular flexibility index (Phi) is 4.70. The van der Waals surface area contributed by atoms with Gasteiger partial charge >= 0.3 is 5.97 Å². The number of nitrogens with zero attached hydrogens (tertiary/aromatic N) is 1. The fraction of sp³-hybridized carbons (Fsp3) is 0.133. The molecule has 0 aliphatic carbocycles. The van der Waals surface area contributed by atoms with E-state index in [1.165, 1.54) is 13.3 Å². The van der Waals surface area contributed by atoms with Gasteiger partial charge in [0.2, 0.25) is 0 Å². The third kappa shape index (κ3) is 3.46. The molecule has 0 saturated carbocycles. The Morgan fingerprint density at radius 2 is 2.05 bits per heavy atom. The summed E-state index contributed by atoms with van der Waals surface area (Å²) in [7, 11) is 1.32. The standard InChI is InChI=1S/C15H13BrN2O3/c1-9-12(15(20)21-2)4-3-5-13(9)18-14(19)10-6-11(16)8-17-7-10/h3-8H,1-2H3,(H,18,19). The summed E-state index contributed by atoms with van der Waals surface area (Å²) in [5, 5.41) is 2.77. The van der Waals surface area contributed by atoms with Crippen molar-refractivity contribution in [1.82, 2.24) is 4.98 Å². The van der Waals surface area contributed by atoms with E-state index in [1.807, 2.05) is 0 Å². The minimum atomic E-state index is -0.437. The average molecular weight is 349 g/mol. The highest BCUT2D eigenvalue weighted by Gasteiger charge is 2.14. The van der Waals surface area contributed by atoms with Crippen LogP contribution >= 0.6 is 15.9 Å². The third-order valence-corrected chi connectivity index (χ3v) is 3.39. The number of methoxy groups -OCH3 is 1. The number of anilines is 1. The Morgan fingerprint density at radius 3 is 2.71 bits per heavy atom. The molecule has 6 heteroatoms. The summed E-state index contributed by atoms with van der Waals surface area (Å²) < 4.78 is 5.43. The molecule has 1 aromatic heterocycles. The van der Waals surface area contributed by atoms with E-state index in [-0.39, 0.29) is 5.91 Å². The molecule has 1 aromatic carbocycles. The summed E-state index contributed by atoms with van der Waals surface area (Å²) in [4.78, 5) is 27.8. The Bertz CT molecular complexity index is 701. The maximum atomic E-state index is 12.2. The number of amides is 1. The molecule has 0 unspecified atom stereocenters. The highest BCUT2D eigenvalue weighted by Crippen LogP contribution is 2.21. The number of nitrogens with one attached hydrogen (secondary N) is 1. The van der Waals surface area contributed by atoms with Crippen molar-refractivity contribution < 1.29 is 14.3 Å². The topological polar surface area (TPSA) is 68.3 Å². The first-order valence-corrected chi connectivity index (χ1v) is 6.92. The lowest BCUT2D eigenvalue weighted by atomic mass is 10.1. The molecule has 0 aliphatic rings. The molecular formula is C15H13BrN2O3. The van der Waals surface area contributed by atoms with Crippen molar-refractivity contribution in [2.75, 3.05) is 12.4 Å². The fourth-order valence-corrected chi connectivity index (χ4v) is 2.20. The van der Waals surface area contributed by atoms with Crippen LogP contribution in [-0.2, 0) is 4.74 Å². The zero-order chi connectivity index (χ0) is 15.4. The smallest absolute Gasteiger partial charge is 0.338 e. The second kappa shape index (κ2) is 6.49. The van der Waals surface area contributed by atoms with Crippen LogP contribution in [0.5, 0.6) is 0 Å². The maximum absolute atomic E-state index is 12.2. The molecule has 0 spiro atoms. The van der Waals surface area contributed by atoms with E-state index >= 15 is 0 Å². The van der Waals surface area contributed by atoms with Crippen molar-refractivity contribution in [2.24, 2.45) is 0 Å². The second-order valence-electron chi connectivity index (χ2n) is 4.32. The van der Waals surface area contributed by atoms with Gasteiger partial charge in [0.05, 0.1) is 18.2 Å². The molecule has 1 N–H and O–H groups in total. The van der Waals surface area contributed by atoms with Gasteiger partial charge in [-0.05, 0) is 46.6 Å².